The van der Waals surface area contributed by atoms with Crippen molar-refractivity contribution in [3.05, 3.63) is 29.8 Å². The molecule has 8 heteroatoms. The predicted molar refractivity (Wildman–Crippen MR) is 79.3 cm³/mol. The summed E-state index contributed by atoms with van der Waals surface area (Å²) in [4.78, 5) is 11.6. The number of methoxy groups -OCH3 is 1. The first kappa shape index (κ1) is 15.3. The molecule has 1 amide bonds. The summed E-state index contributed by atoms with van der Waals surface area (Å²) in [6.07, 6.45) is 0. The smallest absolute Gasteiger partial charge is 0.233 e. The van der Waals surface area contributed by atoms with Crippen LogP contribution in [0.2, 0.25) is 0 Å². The van der Waals surface area contributed by atoms with E-state index in [1.54, 1.807) is 18.8 Å². The highest BCUT2D eigenvalue weighted by atomic mass is 32.2. The fourth-order valence-electron chi connectivity index (χ4n) is 1.70. The third-order valence-electron chi connectivity index (χ3n) is 2.89. The van der Waals surface area contributed by atoms with Gasteiger partial charge in [-0.25, -0.2) is 4.68 Å². The van der Waals surface area contributed by atoms with Gasteiger partial charge in [0.1, 0.15) is 5.75 Å². The van der Waals surface area contributed by atoms with Crippen molar-refractivity contribution < 1.29 is 9.53 Å². The van der Waals surface area contributed by atoms with Crippen LogP contribution in [0.4, 0.5) is 0 Å². The molecule has 0 fully saturated rings. The Balaban J connectivity index is 2.07. The molecule has 0 saturated carbocycles. The molecule has 1 atom stereocenters. The van der Waals surface area contributed by atoms with Gasteiger partial charge in [-0.05, 0) is 35.0 Å². The summed E-state index contributed by atoms with van der Waals surface area (Å²) >= 11 is 1.33. The van der Waals surface area contributed by atoms with Crippen LogP contribution < -0.4 is 10.1 Å². The number of nitrogens with one attached hydrogen (secondary N) is 1. The standard InChI is InChI=1S/C13H17N5O2S/c1-9(12(19)14-2)21-13-15-16-17-18(13)8-10-4-6-11(20-3)7-5-10/h4-7,9H,8H2,1-3H3,(H,14,19). The zero-order valence-electron chi connectivity index (χ0n) is 12.1. The van der Waals surface area contributed by atoms with Crippen LogP contribution in [0, 0.1) is 0 Å². The average Bonchev–Trinajstić information content (AvgIpc) is 2.94. The summed E-state index contributed by atoms with van der Waals surface area (Å²) in [5.74, 6) is 0.748. The number of tetrazole rings is 1. The molecule has 0 radical (unpaired) electrons. The van der Waals surface area contributed by atoms with Crippen LogP contribution in [0.25, 0.3) is 0 Å². The highest BCUT2D eigenvalue weighted by Crippen LogP contribution is 2.21. The lowest BCUT2D eigenvalue weighted by Crippen LogP contribution is -2.27. The third kappa shape index (κ3) is 3.94. The fourth-order valence-corrected chi connectivity index (χ4v) is 2.55. The summed E-state index contributed by atoms with van der Waals surface area (Å²) in [5, 5.41) is 14.6. The van der Waals surface area contributed by atoms with E-state index >= 15 is 0 Å². The van der Waals surface area contributed by atoms with Gasteiger partial charge in [-0.15, -0.1) is 5.10 Å². The van der Waals surface area contributed by atoms with Crippen LogP contribution >= 0.6 is 11.8 Å². The van der Waals surface area contributed by atoms with Gasteiger partial charge >= 0.3 is 0 Å². The number of nitrogens with zero attached hydrogens (tertiary/aromatic N) is 4. The van der Waals surface area contributed by atoms with Gasteiger partial charge in [-0.1, -0.05) is 23.9 Å². The number of rotatable bonds is 6. The first-order valence-electron chi connectivity index (χ1n) is 6.41. The van der Waals surface area contributed by atoms with Crippen molar-refractivity contribution in [3.8, 4) is 5.75 Å². The summed E-state index contributed by atoms with van der Waals surface area (Å²) in [6, 6.07) is 7.69. The molecule has 112 valence electrons. The van der Waals surface area contributed by atoms with Crippen LogP contribution in [-0.4, -0.2) is 45.5 Å². The minimum atomic E-state index is -0.254. The highest BCUT2D eigenvalue weighted by Gasteiger charge is 2.17. The lowest BCUT2D eigenvalue weighted by Gasteiger charge is -2.09. The Morgan fingerprint density at radius 2 is 2.14 bits per heavy atom. The molecule has 1 aromatic heterocycles. The maximum absolute atomic E-state index is 11.6. The number of amides is 1. The fraction of sp³-hybridized carbons (Fsp3) is 0.385. The summed E-state index contributed by atoms with van der Waals surface area (Å²) < 4.78 is 6.80. The molecule has 0 aliphatic heterocycles. The van der Waals surface area contributed by atoms with Gasteiger partial charge in [0.15, 0.2) is 0 Å². The zero-order valence-corrected chi connectivity index (χ0v) is 12.9. The van der Waals surface area contributed by atoms with Crippen molar-refractivity contribution in [3.63, 3.8) is 0 Å². The molecule has 1 unspecified atom stereocenters. The molecule has 0 aliphatic rings. The maximum atomic E-state index is 11.6. The average molecular weight is 307 g/mol. The second-order valence-electron chi connectivity index (χ2n) is 4.34. The highest BCUT2D eigenvalue weighted by molar-refractivity contribution is 8.00. The Labute approximate surface area is 127 Å². The molecule has 0 saturated heterocycles. The van der Waals surface area contributed by atoms with E-state index in [0.29, 0.717) is 11.7 Å². The quantitative estimate of drug-likeness (QED) is 0.800. The maximum Gasteiger partial charge on any atom is 0.233 e. The Hall–Kier alpha value is -2.09. The second kappa shape index (κ2) is 7.07. The van der Waals surface area contributed by atoms with E-state index in [4.69, 9.17) is 4.74 Å². The summed E-state index contributed by atoms with van der Waals surface area (Å²) in [6.45, 7) is 2.36. The molecule has 7 nitrogen and oxygen atoms in total. The topological polar surface area (TPSA) is 81.9 Å². The van der Waals surface area contributed by atoms with Crippen LogP contribution in [0.15, 0.2) is 29.4 Å². The molecular formula is C13H17N5O2S. The van der Waals surface area contributed by atoms with Gasteiger partial charge in [0.25, 0.3) is 0 Å². The molecule has 2 aromatic rings. The van der Waals surface area contributed by atoms with E-state index in [1.165, 1.54) is 11.8 Å². The van der Waals surface area contributed by atoms with Crippen molar-refractivity contribution in [1.29, 1.82) is 0 Å². The Kier molecular flexibility index (Phi) is 5.15. The summed E-state index contributed by atoms with van der Waals surface area (Å²) in [7, 11) is 3.24. The summed E-state index contributed by atoms with van der Waals surface area (Å²) in [5.41, 5.74) is 1.05. The SMILES string of the molecule is CNC(=O)C(C)Sc1nnnn1Cc1ccc(OC)cc1. The van der Waals surface area contributed by atoms with Gasteiger partial charge in [-0.3, -0.25) is 4.79 Å². The Morgan fingerprint density at radius 3 is 2.76 bits per heavy atom. The van der Waals surface area contributed by atoms with Gasteiger partial charge in [0.2, 0.25) is 11.1 Å². The number of hydrogen-bond donors (Lipinski definition) is 1. The largest absolute Gasteiger partial charge is 0.497 e. The predicted octanol–water partition coefficient (Wildman–Crippen LogP) is 0.957. The normalized spacial score (nSPS) is 12.0. The van der Waals surface area contributed by atoms with Crippen LogP contribution in [0.5, 0.6) is 5.75 Å². The van der Waals surface area contributed by atoms with Crippen molar-refractivity contribution in [2.75, 3.05) is 14.2 Å². The third-order valence-corrected chi connectivity index (χ3v) is 3.96. The molecule has 1 aromatic carbocycles. The number of hydrogen-bond acceptors (Lipinski definition) is 6. The van der Waals surface area contributed by atoms with Crippen molar-refractivity contribution in [2.45, 2.75) is 23.9 Å². The molecule has 1 N–H and O–H groups in total. The molecular weight excluding hydrogens is 290 g/mol. The van der Waals surface area contributed by atoms with Crippen molar-refractivity contribution >= 4 is 17.7 Å². The van der Waals surface area contributed by atoms with E-state index < -0.39 is 0 Å². The van der Waals surface area contributed by atoms with Crippen molar-refractivity contribution in [1.82, 2.24) is 25.5 Å². The number of carbonyl (C=O) groups excluding carboxylic acids is 1. The first-order valence-corrected chi connectivity index (χ1v) is 7.29. The zero-order chi connectivity index (χ0) is 15.2. The molecule has 0 aliphatic carbocycles. The molecule has 1 heterocycles. The number of aromatic nitrogens is 4. The molecule has 21 heavy (non-hydrogen) atoms. The Bertz CT molecular complexity index is 599. The van der Waals surface area contributed by atoms with Gasteiger partial charge in [0.05, 0.1) is 18.9 Å². The molecule has 0 bridgehead atoms. The molecule has 0 spiro atoms. The number of ether oxygens (including phenoxy) is 1. The van der Waals surface area contributed by atoms with E-state index in [9.17, 15) is 4.79 Å². The first-order chi connectivity index (χ1) is 10.1. The Morgan fingerprint density at radius 1 is 1.43 bits per heavy atom. The van der Waals surface area contributed by atoms with Gasteiger partial charge in [-0.2, -0.15) is 0 Å². The lowest BCUT2D eigenvalue weighted by atomic mass is 10.2. The van der Waals surface area contributed by atoms with E-state index in [1.807, 2.05) is 31.2 Å². The van der Waals surface area contributed by atoms with Gasteiger partial charge in [0, 0.05) is 7.05 Å². The lowest BCUT2D eigenvalue weighted by molar-refractivity contribution is -0.119. The minimum absolute atomic E-state index is 0.0565. The number of benzene rings is 1. The van der Waals surface area contributed by atoms with Crippen molar-refractivity contribution in [2.24, 2.45) is 0 Å². The van der Waals surface area contributed by atoms with Crippen LogP contribution in [0.3, 0.4) is 0 Å². The van der Waals surface area contributed by atoms with E-state index in [0.717, 1.165) is 11.3 Å². The van der Waals surface area contributed by atoms with E-state index in [-0.39, 0.29) is 11.2 Å². The second-order valence-corrected chi connectivity index (χ2v) is 5.65. The minimum Gasteiger partial charge on any atom is -0.497 e. The monoisotopic (exact) mass is 307 g/mol. The number of carbonyl (C=O) groups is 1. The van der Waals surface area contributed by atoms with E-state index in [2.05, 4.69) is 20.8 Å². The van der Waals surface area contributed by atoms with Crippen LogP contribution in [-0.2, 0) is 11.3 Å². The van der Waals surface area contributed by atoms with Crippen LogP contribution in [0.1, 0.15) is 12.5 Å². The molecule has 2 rings (SSSR count). The van der Waals surface area contributed by atoms with Gasteiger partial charge < -0.3 is 10.1 Å². The number of thioether (sulfide) groups is 1.